The summed E-state index contributed by atoms with van der Waals surface area (Å²) in [6, 6.07) is 2.67. The fourth-order valence-corrected chi connectivity index (χ4v) is 2.22. The van der Waals surface area contributed by atoms with E-state index in [1.54, 1.807) is 0 Å². The highest BCUT2D eigenvalue weighted by Crippen LogP contribution is 2.34. The van der Waals surface area contributed by atoms with Gasteiger partial charge in [0.05, 0.1) is 4.70 Å². The summed E-state index contributed by atoms with van der Waals surface area (Å²) >= 11 is 1.36. The second-order valence-corrected chi connectivity index (χ2v) is 3.57. The van der Waals surface area contributed by atoms with Crippen LogP contribution in [0.1, 0.15) is 5.56 Å². The minimum Gasteiger partial charge on any atom is -0.506 e. The average molecular weight is 182 g/mol. The summed E-state index contributed by atoms with van der Waals surface area (Å²) in [6.45, 7) is 1.83. The number of phenols is 1. The van der Waals surface area contributed by atoms with E-state index in [-0.39, 0.29) is 11.6 Å². The Labute approximate surface area is 73.1 Å². The van der Waals surface area contributed by atoms with Crippen LogP contribution in [-0.2, 0) is 0 Å². The van der Waals surface area contributed by atoms with Crippen molar-refractivity contribution in [1.82, 2.24) is 0 Å². The number of benzene rings is 1. The first-order valence-corrected chi connectivity index (χ1v) is 4.43. The van der Waals surface area contributed by atoms with Crippen LogP contribution in [0.5, 0.6) is 5.75 Å². The minimum atomic E-state index is -0.262. The Kier molecular flexibility index (Phi) is 1.54. The van der Waals surface area contributed by atoms with Gasteiger partial charge in [0, 0.05) is 5.39 Å². The molecule has 0 aliphatic rings. The minimum absolute atomic E-state index is 0.157. The van der Waals surface area contributed by atoms with Crippen LogP contribution in [-0.4, -0.2) is 5.11 Å². The number of rotatable bonds is 0. The maximum Gasteiger partial charge on any atom is 0.133 e. The van der Waals surface area contributed by atoms with Gasteiger partial charge in [-0.15, -0.1) is 11.3 Å². The number of hydrogen-bond acceptors (Lipinski definition) is 2. The third-order valence-electron chi connectivity index (χ3n) is 1.83. The van der Waals surface area contributed by atoms with Gasteiger partial charge in [-0.25, -0.2) is 4.39 Å². The number of fused-ring (bicyclic) bond motifs is 1. The summed E-state index contributed by atoms with van der Waals surface area (Å²) < 4.78 is 13.8. The van der Waals surface area contributed by atoms with E-state index in [0.29, 0.717) is 10.1 Å². The summed E-state index contributed by atoms with van der Waals surface area (Å²) in [5, 5.41) is 11.7. The van der Waals surface area contributed by atoms with Crippen LogP contribution >= 0.6 is 11.3 Å². The Morgan fingerprint density at radius 1 is 1.42 bits per heavy atom. The standard InChI is InChI=1S/C9H7FOS/c1-5-4-12-9-7(11)3-2-6(10)8(5)9/h2-4,11H,1H3. The van der Waals surface area contributed by atoms with Gasteiger partial charge in [0.25, 0.3) is 0 Å². The zero-order valence-corrected chi connectivity index (χ0v) is 7.28. The lowest BCUT2D eigenvalue weighted by Crippen LogP contribution is -1.76. The Hall–Kier alpha value is -1.09. The fourth-order valence-electron chi connectivity index (χ4n) is 1.24. The van der Waals surface area contributed by atoms with Crippen molar-refractivity contribution in [3.63, 3.8) is 0 Å². The molecule has 0 saturated carbocycles. The molecule has 1 N–H and O–H groups in total. The molecular weight excluding hydrogens is 175 g/mol. The second-order valence-electron chi connectivity index (χ2n) is 2.69. The van der Waals surface area contributed by atoms with Crippen molar-refractivity contribution < 1.29 is 9.50 Å². The molecule has 0 bridgehead atoms. The van der Waals surface area contributed by atoms with Gasteiger partial charge in [0.2, 0.25) is 0 Å². The molecule has 3 heteroatoms. The summed E-state index contributed by atoms with van der Waals surface area (Å²) in [6.07, 6.45) is 0. The van der Waals surface area contributed by atoms with E-state index < -0.39 is 0 Å². The molecule has 2 rings (SSSR count). The van der Waals surface area contributed by atoms with Crippen molar-refractivity contribution in [1.29, 1.82) is 0 Å². The smallest absolute Gasteiger partial charge is 0.133 e. The third kappa shape index (κ3) is 0.898. The molecule has 0 radical (unpaired) electrons. The van der Waals surface area contributed by atoms with Crippen molar-refractivity contribution >= 4 is 21.4 Å². The maximum atomic E-state index is 13.2. The molecule has 0 aliphatic heterocycles. The van der Waals surface area contributed by atoms with Gasteiger partial charge in [0.15, 0.2) is 0 Å². The summed E-state index contributed by atoms with van der Waals surface area (Å²) in [7, 11) is 0. The molecule has 62 valence electrons. The van der Waals surface area contributed by atoms with Gasteiger partial charge >= 0.3 is 0 Å². The number of hydrogen-bond donors (Lipinski definition) is 1. The molecule has 0 spiro atoms. The van der Waals surface area contributed by atoms with Crippen LogP contribution in [0.2, 0.25) is 0 Å². The van der Waals surface area contributed by atoms with E-state index in [1.807, 2.05) is 12.3 Å². The molecule has 0 saturated heterocycles. The van der Waals surface area contributed by atoms with Crippen LogP contribution in [0.4, 0.5) is 4.39 Å². The molecule has 1 heterocycles. The number of phenolic OH excluding ortho intramolecular Hbond substituents is 1. The lowest BCUT2D eigenvalue weighted by molar-refractivity contribution is 0.481. The zero-order chi connectivity index (χ0) is 8.72. The molecule has 1 aromatic carbocycles. The molecule has 0 atom stereocenters. The van der Waals surface area contributed by atoms with Crippen molar-refractivity contribution in [2.24, 2.45) is 0 Å². The van der Waals surface area contributed by atoms with E-state index in [9.17, 15) is 9.50 Å². The Morgan fingerprint density at radius 3 is 2.83 bits per heavy atom. The van der Waals surface area contributed by atoms with Crippen molar-refractivity contribution in [2.75, 3.05) is 0 Å². The van der Waals surface area contributed by atoms with E-state index in [2.05, 4.69) is 0 Å². The van der Waals surface area contributed by atoms with Crippen molar-refractivity contribution in [3.05, 3.63) is 28.9 Å². The monoisotopic (exact) mass is 182 g/mol. The van der Waals surface area contributed by atoms with Gasteiger partial charge in [0.1, 0.15) is 11.6 Å². The number of aryl methyl sites for hydroxylation is 1. The summed E-state index contributed by atoms with van der Waals surface area (Å²) in [4.78, 5) is 0. The van der Waals surface area contributed by atoms with E-state index in [1.165, 1.54) is 23.5 Å². The van der Waals surface area contributed by atoms with Crippen LogP contribution in [0.25, 0.3) is 10.1 Å². The normalized spacial score (nSPS) is 10.8. The molecule has 12 heavy (non-hydrogen) atoms. The van der Waals surface area contributed by atoms with Gasteiger partial charge in [-0.3, -0.25) is 0 Å². The molecule has 1 aromatic heterocycles. The molecule has 0 unspecified atom stereocenters. The zero-order valence-electron chi connectivity index (χ0n) is 6.47. The first kappa shape index (κ1) is 7.55. The van der Waals surface area contributed by atoms with Gasteiger partial charge < -0.3 is 5.11 Å². The largest absolute Gasteiger partial charge is 0.506 e. The number of halogens is 1. The summed E-state index contributed by atoms with van der Waals surface area (Å²) in [5.41, 5.74) is 0.878. The molecular formula is C9H7FOS. The highest BCUT2D eigenvalue weighted by Gasteiger charge is 2.08. The van der Waals surface area contributed by atoms with E-state index in [4.69, 9.17) is 0 Å². The number of aromatic hydroxyl groups is 1. The van der Waals surface area contributed by atoms with E-state index in [0.717, 1.165) is 5.56 Å². The molecule has 0 fully saturated rings. The fraction of sp³-hybridized carbons (Fsp3) is 0.111. The van der Waals surface area contributed by atoms with Crippen LogP contribution in [0.3, 0.4) is 0 Å². The first-order valence-electron chi connectivity index (χ1n) is 3.55. The van der Waals surface area contributed by atoms with Crippen molar-refractivity contribution in [3.8, 4) is 5.75 Å². The first-order chi connectivity index (χ1) is 5.70. The van der Waals surface area contributed by atoms with Crippen LogP contribution in [0.15, 0.2) is 17.5 Å². The van der Waals surface area contributed by atoms with Gasteiger partial charge in [-0.05, 0) is 30.0 Å². The van der Waals surface area contributed by atoms with Crippen molar-refractivity contribution in [2.45, 2.75) is 6.92 Å². The molecule has 0 aliphatic carbocycles. The SMILES string of the molecule is Cc1csc2c(O)ccc(F)c12. The topological polar surface area (TPSA) is 20.2 Å². The average Bonchev–Trinajstić information content (AvgIpc) is 2.42. The molecule has 2 aromatic rings. The lowest BCUT2D eigenvalue weighted by Gasteiger charge is -1.96. The molecule has 0 amide bonds. The Balaban J connectivity index is 2.98. The highest BCUT2D eigenvalue weighted by molar-refractivity contribution is 7.17. The summed E-state index contributed by atoms with van der Waals surface area (Å²) in [5.74, 6) is -0.106. The second kappa shape index (κ2) is 2.45. The number of thiophene rings is 1. The highest BCUT2D eigenvalue weighted by atomic mass is 32.1. The predicted molar refractivity (Wildman–Crippen MR) is 48.2 cm³/mol. The van der Waals surface area contributed by atoms with Crippen LogP contribution in [0, 0.1) is 12.7 Å². The third-order valence-corrected chi connectivity index (χ3v) is 2.95. The van der Waals surface area contributed by atoms with Gasteiger partial charge in [-0.1, -0.05) is 0 Å². The Bertz CT molecular complexity index is 433. The van der Waals surface area contributed by atoms with E-state index >= 15 is 0 Å². The van der Waals surface area contributed by atoms with Gasteiger partial charge in [-0.2, -0.15) is 0 Å². The Morgan fingerprint density at radius 2 is 2.17 bits per heavy atom. The lowest BCUT2D eigenvalue weighted by atomic mass is 10.2. The predicted octanol–water partition coefficient (Wildman–Crippen LogP) is 3.05. The molecule has 1 nitrogen and oxygen atoms in total. The quantitative estimate of drug-likeness (QED) is 0.663. The van der Waals surface area contributed by atoms with Crippen LogP contribution < -0.4 is 0 Å². The maximum absolute atomic E-state index is 13.2.